The molecule has 0 saturated heterocycles. The Morgan fingerprint density at radius 2 is 2.06 bits per heavy atom. The molecule has 0 aromatic heterocycles. The first-order valence-electron chi connectivity index (χ1n) is 5.87. The largest absolute Gasteiger partial charge is 0.494 e. The summed E-state index contributed by atoms with van der Waals surface area (Å²) in [6, 6.07) is 4.17. The van der Waals surface area contributed by atoms with Gasteiger partial charge in [0.15, 0.2) is 0 Å². The number of aliphatic imine (C=N–C) groups is 1. The van der Waals surface area contributed by atoms with Gasteiger partial charge < -0.3 is 4.74 Å². The van der Waals surface area contributed by atoms with Gasteiger partial charge >= 0.3 is 0 Å². The molecule has 0 N–H and O–H groups in total. The molecule has 3 heteroatoms. The summed E-state index contributed by atoms with van der Waals surface area (Å²) in [5.74, 6) is 1.16. The maximum absolute atomic E-state index is 10.1. The van der Waals surface area contributed by atoms with Crippen molar-refractivity contribution in [3.05, 3.63) is 28.8 Å². The normalized spacial score (nSPS) is 11.8. The van der Waals surface area contributed by atoms with E-state index in [1.807, 2.05) is 13.8 Å². The molecular formula is C14H19NO2. The van der Waals surface area contributed by atoms with E-state index >= 15 is 0 Å². The molecule has 1 aromatic rings. The zero-order valence-corrected chi connectivity index (χ0v) is 10.9. The van der Waals surface area contributed by atoms with E-state index < -0.39 is 0 Å². The summed E-state index contributed by atoms with van der Waals surface area (Å²) in [6.45, 7) is 9.28. The van der Waals surface area contributed by atoms with E-state index in [1.165, 1.54) is 11.1 Å². The average Bonchev–Trinajstić information content (AvgIpc) is 2.30. The van der Waals surface area contributed by atoms with Gasteiger partial charge in [-0.2, -0.15) is 0 Å². The van der Waals surface area contributed by atoms with Crippen molar-refractivity contribution < 1.29 is 9.53 Å². The van der Waals surface area contributed by atoms with Crippen LogP contribution in [0.1, 0.15) is 36.5 Å². The van der Waals surface area contributed by atoms with Crippen molar-refractivity contribution in [3.63, 3.8) is 0 Å². The Morgan fingerprint density at radius 1 is 1.35 bits per heavy atom. The van der Waals surface area contributed by atoms with Crippen molar-refractivity contribution in [3.8, 4) is 5.75 Å². The van der Waals surface area contributed by atoms with Crippen molar-refractivity contribution in [1.82, 2.24) is 0 Å². The summed E-state index contributed by atoms with van der Waals surface area (Å²) in [5, 5.41) is 0. The smallest absolute Gasteiger partial charge is 0.234 e. The van der Waals surface area contributed by atoms with Crippen LogP contribution in [0, 0.1) is 13.8 Å². The molecule has 1 aromatic carbocycles. The van der Waals surface area contributed by atoms with Gasteiger partial charge in [-0.15, -0.1) is 0 Å². The van der Waals surface area contributed by atoms with Crippen molar-refractivity contribution in [2.75, 3.05) is 13.2 Å². The van der Waals surface area contributed by atoms with Crippen molar-refractivity contribution in [2.45, 2.75) is 33.6 Å². The van der Waals surface area contributed by atoms with Gasteiger partial charge in [0.1, 0.15) is 5.75 Å². The SMILES string of the molecule is CCOc1cc(C)c(C(C)CN=C=O)cc1C. The Hall–Kier alpha value is -1.60. The number of aryl methyl sites for hydroxylation is 2. The van der Waals surface area contributed by atoms with Gasteiger partial charge in [-0.1, -0.05) is 13.0 Å². The fourth-order valence-electron chi connectivity index (χ4n) is 1.93. The van der Waals surface area contributed by atoms with E-state index in [4.69, 9.17) is 4.74 Å². The fourth-order valence-corrected chi connectivity index (χ4v) is 1.93. The van der Waals surface area contributed by atoms with Crippen LogP contribution < -0.4 is 4.74 Å². The van der Waals surface area contributed by atoms with Gasteiger partial charge in [0, 0.05) is 5.92 Å². The average molecular weight is 233 g/mol. The monoisotopic (exact) mass is 233 g/mol. The zero-order valence-electron chi connectivity index (χ0n) is 10.9. The number of nitrogens with zero attached hydrogens (tertiary/aromatic N) is 1. The molecule has 1 unspecified atom stereocenters. The predicted molar refractivity (Wildman–Crippen MR) is 68.5 cm³/mol. The Balaban J connectivity index is 3.01. The lowest BCUT2D eigenvalue weighted by Gasteiger charge is -2.16. The molecule has 0 aliphatic rings. The van der Waals surface area contributed by atoms with Crippen LogP contribution in [0.25, 0.3) is 0 Å². The van der Waals surface area contributed by atoms with Crippen molar-refractivity contribution in [2.24, 2.45) is 4.99 Å². The minimum Gasteiger partial charge on any atom is -0.494 e. The molecule has 0 aliphatic heterocycles. The highest BCUT2D eigenvalue weighted by Gasteiger charge is 2.11. The van der Waals surface area contributed by atoms with E-state index in [0.717, 1.165) is 11.3 Å². The Kier molecular flexibility index (Phi) is 4.92. The Labute approximate surface area is 103 Å². The molecule has 92 valence electrons. The fraction of sp³-hybridized carbons (Fsp3) is 0.500. The van der Waals surface area contributed by atoms with Crippen LogP contribution in [-0.2, 0) is 4.79 Å². The second-order valence-corrected chi connectivity index (χ2v) is 4.24. The summed E-state index contributed by atoms with van der Waals surface area (Å²) in [4.78, 5) is 13.8. The van der Waals surface area contributed by atoms with Crippen LogP contribution in [0.3, 0.4) is 0 Å². The third-order valence-corrected chi connectivity index (χ3v) is 2.82. The van der Waals surface area contributed by atoms with Crippen LogP contribution in [-0.4, -0.2) is 19.2 Å². The second-order valence-electron chi connectivity index (χ2n) is 4.24. The van der Waals surface area contributed by atoms with Crippen molar-refractivity contribution >= 4 is 6.08 Å². The van der Waals surface area contributed by atoms with Gasteiger partial charge in [-0.25, -0.2) is 9.79 Å². The summed E-state index contributed by atoms with van der Waals surface area (Å²) >= 11 is 0. The number of hydrogen-bond donors (Lipinski definition) is 0. The quantitative estimate of drug-likeness (QED) is 0.579. The number of benzene rings is 1. The van der Waals surface area contributed by atoms with E-state index in [9.17, 15) is 4.79 Å². The van der Waals surface area contributed by atoms with Crippen LogP contribution in [0.5, 0.6) is 5.75 Å². The van der Waals surface area contributed by atoms with Gasteiger partial charge in [-0.05, 0) is 43.5 Å². The minimum absolute atomic E-state index is 0.228. The lowest BCUT2D eigenvalue weighted by molar-refractivity contribution is 0.337. The predicted octanol–water partition coefficient (Wildman–Crippen LogP) is 3.14. The number of rotatable bonds is 5. The third kappa shape index (κ3) is 3.43. The Bertz CT molecular complexity index is 434. The Morgan fingerprint density at radius 3 is 2.65 bits per heavy atom. The van der Waals surface area contributed by atoms with Gasteiger partial charge in [0.05, 0.1) is 13.2 Å². The van der Waals surface area contributed by atoms with Gasteiger partial charge in [0.25, 0.3) is 0 Å². The highest BCUT2D eigenvalue weighted by Crippen LogP contribution is 2.27. The maximum Gasteiger partial charge on any atom is 0.234 e. The summed E-state index contributed by atoms with van der Waals surface area (Å²) < 4.78 is 5.55. The van der Waals surface area contributed by atoms with E-state index in [-0.39, 0.29) is 5.92 Å². The first kappa shape index (κ1) is 13.5. The molecule has 0 heterocycles. The first-order valence-corrected chi connectivity index (χ1v) is 5.87. The molecular weight excluding hydrogens is 214 g/mol. The number of ether oxygens (including phenoxy) is 1. The number of hydrogen-bond acceptors (Lipinski definition) is 3. The second kappa shape index (κ2) is 6.21. The van der Waals surface area contributed by atoms with Gasteiger partial charge in [0.2, 0.25) is 6.08 Å². The van der Waals surface area contributed by atoms with Gasteiger partial charge in [-0.3, -0.25) is 0 Å². The molecule has 0 amide bonds. The van der Waals surface area contributed by atoms with E-state index in [0.29, 0.717) is 13.2 Å². The van der Waals surface area contributed by atoms with Crippen LogP contribution in [0.4, 0.5) is 0 Å². The molecule has 0 radical (unpaired) electrons. The van der Waals surface area contributed by atoms with Crippen molar-refractivity contribution in [1.29, 1.82) is 0 Å². The lowest BCUT2D eigenvalue weighted by atomic mass is 9.94. The van der Waals surface area contributed by atoms with Crippen LogP contribution in [0.15, 0.2) is 17.1 Å². The topological polar surface area (TPSA) is 38.7 Å². The molecule has 17 heavy (non-hydrogen) atoms. The molecule has 0 saturated carbocycles. The van der Waals surface area contributed by atoms with E-state index in [2.05, 4.69) is 31.0 Å². The first-order chi connectivity index (χ1) is 8.10. The zero-order chi connectivity index (χ0) is 12.8. The standard InChI is InChI=1S/C14H19NO2/c1-5-17-14-7-10(2)13(6-11(14)3)12(4)8-15-9-16/h6-7,12H,5,8H2,1-4H3. The van der Waals surface area contributed by atoms with Crippen LogP contribution >= 0.6 is 0 Å². The molecule has 0 aliphatic carbocycles. The van der Waals surface area contributed by atoms with E-state index in [1.54, 1.807) is 6.08 Å². The molecule has 1 rings (SSSR count). The summed E-state index contributed by atoms with van der Waals surface area (Å²) in [6.07, 6.45) is 1.58. The number of isocyanates is 1. The maximum atomic E-state index is 10.1. The lowest BCUT2D eigenvalue weighted by Crippen LogP contribution is -2.03. The molecule has 3 nitrogen and oxygen atoms in total. The minimum atomic E-state index is 0.228. The molecule has 0 fully saturated rings. The molecule has 0 spiro atoms. The summed E-state index contributed by atoms with van der Waals surface area (Å²) in [7, 11) is 0. The number of carbonyl (C=O) groups excluding carboxylic acids is 1. The highest BCUT2D eigenvalue weighted by atomic mass is 16.5. The summed E-state index contributed by atoms with van der Waals surface area (Å²) in [5.41, 5.74) is 3.51. The molecule has 1 atom stereocenters. The van der Waals surface area contributed by atoms with Crippen LogP contribution in [0.2, 0.25) is 0 Å². The highest BCUT2D eigenvalue weighted by molar-refractivity contribution is 5.43. The molecule has 0 bridgehead atoms. The third-order valence-electron chi connectivity index (χ3n) is 2.82.